The minimum absolute atomic E-state index is 0.0757. The standard InChI is InChI=1S/C9H12N2O2/c1-5-8(10-6(2)12)9(13-11-5)7-3-4-7/h7H,3-4H2,1-2H3,(H,10,12). The number of nitrogens with zero attached hydrogens (tertiary/aromatic N) is 1. The zero-order valence-corrected chi connectivity index (χ0v) is 7.76. The second-order valence-electron chi connectivity index (χ2n) is 3.46. The summed E-state index contributed by atoms with van der Waals surface area (Å²) in [6.07, 6.45) is 2.28. The van der Waals surface area contributed by atoms with E-state index in [-0.39, 0.29) is 5.91 Å². The minimum Gasteiger partial charge on any atom is -0.359 e. The molecule has 0 radical (unpaired) electrons. The molecule has 1 aliphatic carbocycles. The first-order chi connectivity index (χ1) is 6.18. The quantitative estimate of drug-likeness (QED) is 0.755. The molecular weight excluding hydrogens is 168 g/mol. The number of carbonyl (C=O) groups excluding carboxylic acids is 1. The molecule has 0 unspecified atom stereocenters. The van der Waals surface area contributed by atoms with Crippen LogP contribution >= 0.6 is 0 Å². The monoisotopic (exact) mass is 180 g/mol. The Morgan fingerprint density at radius 3 is 2.85 bits per heavy atom. The fourth-order valence-corrected chi connectivity index (χ4v) is 1.34. The van der Waals surface area contributed by atoms with Crippen molar-refractivity contribution in [2.45, 2.75) is 32.6 Å². The van der Waals surface area contributed by atoms with Crippen LogP contribution in [0, 0.1) is 6.92 Å². The van der Waals surface area contributed by atoms with Gasteiger partial charge in [0.15, 0.2) is 5.76 Å². The highest BCUT2D eigenvalue weighted by atomic mass is 16.5. The van der Waals surface area contributed by atoms with Crippen LogP contribution in [0.3, 0.4) is 0 Å². The highest BCUT2D eigenvalue weighted by Crippen LogP contribution is 2.44. The Kier molecular flexibility index (Phi) is 1.83. The summed E-state index contributed by atoms with van der Waals surface area (Å²) in [6, 6.07) is 0. The van der Waals surface area contributed by atoms with E-state index in [0.717, 1.165) is 30.0 Å². The maximum absolute atomic E-state index is 10.9. The van der Waals surface area contributed by atoms with Gasteiger partial charge < -0.3 is 9.84 Å². The molecule has 0 aromatic carbocycles. The highest BCUT2D eigenvalue weighted by molar-refractivity contribution is 5.89. The Balaban J connectivity index is 2.28. The van der Waals surface area contributed by atoms with Crippen molar-refractivity contribution in [3.8, 4) is 0 Å². The van der Waals surface area contributed by atoms with E-state index in [1.807, 2.05) is 6.92 Å². The van der Waals surface area contributed by atoms with Crippen LogP contribution in [0.2, 0.25) is 0 Å². The van der Waals surface area contributed by atoms with Crippen LogP contribution in [0.5, 0.6) is 0 Å². The maximum atomic E-state index is 10.9. The van der Waals surface area contributed by atoms with E-state index in [1.54, 1.807) is 0 Å². The van der Waals surface area contributed by atoms with Gasteiger partial charge in [0.05, 0.1) is 0 Å². The molecule has 0 aliphatic heterocycles. The van der Waals surface area contributed by atoms with E-state index in [0.29, 0.717) is 5.92 Å². The van der Waals surface area contributed by atoms with Gasteiger partial charge in [0.25, 0.3) is 0 Å². The first kappa shape index (κ1) is 8.29. The molecule has 1 aromatic rings. The zero-order valence-electron chi connectivity index (χ0n) is 7.76. The molecule has 1 N–H and O–H groups in total. The summed E-state index contributed by atoms with van der Waals surface area (Å²) in [7, 11) is 0. The normalized spacial score (nSPS) is 15.8. The average molecular weight is 180 g/mol. The predicted molar refractivity (Wildman–Crippen MR) is 47.5 cm³/mol. The van der Waals surface area contributed by atoms with Gasteiger partial charge in [-0.2, -0.15) is 0 Å². The van der Waals surface area contributed by atoms with Gasteiger partial charge >= 0.3 is 0 Å². The molecule has 1 saturated carbocycles. The smallest absolute Gasteiger partial charge is 0.221 e. The fourth-order valence-electron chi connectivity index (χ4n) is 1.34. The Bertz CT molecular complexity index is 339. The van der Waals surface area contributed by atoms with Gasteiger partial charge in [0.1, 0.15) is 11.4 Å². The molecule has 1 amide bonds. The van der Waals surface area contributed by atoms with Crippen molar-refractivity contribution in [3.05, 3.63) is 11.5 Å². The molecule has 1 heterocycles. The lowest BCUT2D eigenvalue weighted by atomic mass is 10.2. The van der Waals surface area contributed by atoms with E-state index in [9.17, 15) is 4.79 Å². The number of aryl methyl sites for hydroxylation is 1. The second-order valence-corrected chi connectivity index (χ2v) is 3.46. The molecule has 1 aromatic heterocycles. The number of rotatable bonds is 2. The van der Waals surface area contributed by atoms with Gasteiger partial charge in [-0.3, -0.25) is 4.79 Å². The zero-order chi connectivity index (χ0) is 9.42. The van der Waals surface area contributed by atoms with Crippen molar-refractivity contribution in [1.29, 1.82) is 0 Å². The summed E-state index contributed by atoms with van der Waals surface area (Å²) in [4.78, 5) is 10.9. The van der Waals surface area contributed by atoms with Crippen LogP contribution in [0.25, 0.3) is 0 Å². The van der Waals surface area contributed by atoms with Crippen molar-refractivity contribution < 1.29 is 9.32 Å². The number of anilines is 1. The number of amides is 1. The van der Waals surface area contributed by atoms with Crippen LogP contribution < -0.4 is 5.32 Å². The third-order valence-corrected chi connectivity index (χ3v) is 2.14. The third-order valence-electron chi connectivity index (χ3n) is 2.14. The minimum atomic E-state index is -0.0757. The largest absolute Gasteiger partial charge is 0.359 e. The summed E-state index contributed by atoms with van der Waals surface area (Å²) < 4.78 is 5.16. The lowest BCUT2D eigenvalue weighted by molar-refractivity contribution is -0.114. The highest BCUT2D eigenvalue weighted by Gasteiger charge is 2.31. The third kappa shape index (κ3) is 1.56. The van der Waals surface area contributed by atoms with Gasteiger partial charge in [0.2, 0.25) is 5.91 Å². The van der Waals surface area contributed by atoms with Crippen molar-refractivity contribution >= 4 is 11.6 Å². The molecule has 70 valence electrons. The topological polar surface area (TPSA) is 55.1 Å². The molecule has 4 nitrogen and oxygen atoms in total. The molecule has 4 heteroatoms. The maximum Gasteiger partial charge on any atom is 0.221 e. The van der Waals surface area contributed by atoms with E-state index in [2.05, 4.69) is 10.5 Å². The lowest BCUT2D eigenvalue weighted by Crippen LogP contribution is -2.07. The molecule has 13 heavy (non-hydrogen) atoms. The Morgan fingerprint density at radius 2 is 2.31 bits per heavy atom. The predicted octanol–water partition coefficient (Wildman–Crippen LogP) is 1.82. The molecule has 0 saturated heterocycles. The molecule has 1 aliphatic rings. The fraction of sp³-hybridized carbons (Fsp3) is 0.556. The summed E-state index contributed by atoms with van der Waals surface area (Å²) in [5.74, 6) is 1.24. The van der Waals surface area contributed by atoms with Crippen LogP contribution in [0.1, 0.15) is 37.1 Å². The van der Waals surface area contributed by atoms with E-state index >= 15 is 0 Å². The summed E-state index contributed by atoms with van der Waals surface area (Å²) in [6.45, 7) is 3.32. The number of hydrogen-bond donors (Lipinski definition) is 1. The van der Waals surface area contributed by atoms with Crippen molar-refractivity contribution in [2.24, 2.45) is 0 Å². The summed E-state index contributed by atoms with van der Waals surface area (Å²) in [5.41, 5.74) is 1.53. The van der Waals surface area contributed by atoms with Gasteiger partial charge in [-0.1, -0.05) is 5.16 Å². The Labute approximate surface area is 76.3 Å². The second kappa shape index (κ2) is 2.87. The van der Waals surface area contributed by atoms with Gasteiger partial charge in [-0.05, 0) is 19.8 Å². The van der Waals surface area contributed by atoms with Gasteiger partial charge in [-0.15, -0.1) is 0 Å². The van der Waals surface area contributed by atoms with Crippen molar-refractivity contribution in [2.75, 3.05) is 5.32 Å². The van der Waals surface area contributed by atoms with E-state index in [1.165, 1.54) is 6.92 Å². The van der Waals surface area contributed by atoms with E-state index < -0.39 is 0 Å². The SMILES string of the molecule is CC(=O)Nc1c(C)noc1C1CC1. The first-order valence-corrected chi connectivity index (χ1v) is 4.42. The lowest BCUT2D eigenvalue weighted by Gasteiger charge is -2.00. The number of nitrogens with one attached hydrogen (secondary N) is 1. The van der Waals surface area contributed by atoms with Crippen molar-refractivity contribution in [3.63, 3.8) is 0 Å². The van der Waals surface area contributed by atoms with Crippen LogP contribution in [-0.4, -0.2) is 11.1 Å². The summed E-state index contributed by atoms with van der Waals surface area (Å²) >= 11 is 0. The van der Waals surface area contributed by atoms with Crippen LogP contribution in [-0.2, 0) is 4.79 Å². The summed E-state index contributed by atoms with van der Waals surface area (Å²) in [5, 5.41) is 6.59. The number of carbonyl (C=O) groups is 1. The van der Waals surface area contributed by atoms with Crippen LogP contribution in [0.4, 0.5) is 5.69 Å². The molecule has 0 spiro atoms. The molecule has 0 atom stereocenters. The molecular formula is C9H12N2O2. The van der Waals surface area contributed by atoms with Crippen molar-refractivity contribution in [1.82, 2.24) is 5.16 Å². The van der Waals surface area contributed by atoms with Gasteiger partial charge in [0, 0.05) is 12.8 Å². The van der Waals surface area contributed by atoms with Gasteiger partial charge in [-0.25, -0.2) is 0 Å². The number of aromatic nitrogens is 1. The first-order valence-electron chi connectivity index (χ1n) is 4.42. The average Bonchev–Trinajstić information content (AvgIpc) is 2.81. The van der Waals surface area contributed by atoms with Crippen LogP contribution in [0.15, 0.2) is 4.52 Å². The molecule has 2 rings (SSSR count). The number of hydrogen-bond acceptors (Lipinski definition) is 3. The molecule has 0 bridgehead atoms. The molecule has 1 fully saturated rings. The Hall–Kier alpha value is -1.32. The van der Waals surface area contributed by atoms with E-state index in [4.69, 9.17) is 4.52 Å². The Morgan fingerprint density at radius 1 is 1.62 bits per heavy atom.